The first kappa shape index (κ1) is 17.1. The van der Waals surface area contributed by atoms with Crippen molar-refractivity contribution >= 4 is 15.9 Å². The summed E-state index contributed by atoms with van der Waals surface area (Å²) in [5.41, 5.74) is 5.38. The van der Waals surface area contributed by atoms with Gasteiger partial charge in [0.05, 0.1) is 0 Å². The summed E-state index contributed by atoms with van der Waals surface area (Å²) >= 11 is 3.02. The van der Waals surface area contributed by atoms with Crippen molar-refractivity contribution in [1.82, 2.24) is 0 Å². The minimum absolute atomic E-state index is 0.138. The van der Waals surface area contributed by atoms with Gasteiger partial charge in [-0.15, -0.1) is 13.2 Å². The lowest BCUT2D eigenvalue weighted by Crippen LogP contribution is -2.21. The molecule has 2 nitrogen and oxygen atoms in total. The second kappa shape index (κ2) is 6.21. The zero-order chi connectivity index (χ0) is 15.6. The van der Waals surface area contributed by atoms with E-state index in [-0.39, 0.29) is 5.56 Å². The van der Waals surface area contributed by atoms with Crippen LogP contribution in [0.1, 0.15) is 24.4 Å². The molecule has 0 spiro atoms. The molecule has 20 heavy (non-hydrogen) atoms. The molecule has 0 heterocycles. The summed E-state index contributed by atoms with van der Waals surface area (Å²) in [7, 11) is 0. The highest BCUT2D eigenvalue weighted by molar-refractivity contribution is 9.10. The fourth-order valence-electron chi connectivity index (χ4n) is 1.50. The van der Waals surface area contributed by atoms with Crippen LogP contribution in [0.25, 0.3) is 0 Å². The van der Waals surface area contributed by atoms with Crippen molar-refractivity contribution in [1.29, 1.82) is 0 Å². The predicted molar refractivity (Wildman–Crippen MR) is 63.0 cm³/mol. The van der Waals surface area contributed by atoms with Gasteiger partial charge in [-0.05, 0) is 24.6 Å². The predicted octanol–water partition coefficient (Wildman–Crippen LogP) is 4.69. The SMILES string of the molecule is N[C@@H](CCC(F)(F)F)c1cc(Br)ccc1OC(F)(F)F. The highest BCUT2D eigenvalue weighted by Crippen LogP contribution is 2.35. The number of halogens is 7. The normalized spacial score (nSPS) is 14.2. The molecular weight excluding hydrogens is 356 g/mol. The summed E-state index contributed by atoms with van der Waals surface area (Å²) in [6.45, 7) is 0. The summed E-state index contributed by atoms with van der Waals surface area (Å²) in [5, 5.41) is 0. The lowest BCUT2D eigenvalue weighted by molar-refractivity contribution is -0.275. The maximum Gasteiger partial charge on any atom is 0.573 e. The van der Waals surface area contributed by atoms with Crippen LogP contribution in [0.4, 0.5) is 26.3 Å². The molecule has 0 aliphatic rings. The number of benzene rings is 1. The molecule has 1 aromatic carbocycles. The van der Waals surface area contributed by atoms with Crippen LogP contribution >= 0.6 is 15.9 Å². The molecule has 0 aliphatic carbocycles. The Morgan fingerprint density at radius 2 is 1.75 bits per heavy atom. The molecule has 0 radical (unpaired) electrons. The van der Waals surface area contributed by atoms with E-state index >= 15 is 0 Å². The Kier molecular flexibility index (Phi) is 5.31. The Morgan fingerprint density at radius 1 is 1.15 bits per heavy atom. The molecule has 0 fully saturated rings. The lowest BCUT2D eigenvalue weighted by atomic mass is 10.0. The van der Waals surface area contributed by atoms with Gasteiger partial charge in [0.15, 0.2) is 0 Å². The van der Waals surface area contributed by atoms with Gasteiger partial charge in [0.25, 0.3) is 0 Å². The Balaban J connectivity index is 2.94. The zero-order valence-electron chi connectivity index (χ0n) is 9.85. The van der Waals surface area contributed by atoms with Crippen LogP contribution in [-0.4, -0.2) is 12.5 Å². The second-order valence-electron chi connectivity index (χ2n) is 3.99. The molecule has 1 atom stereocenters. The van der Waals surface area contributed by atoms with Gasteiger partial charge in [-0.1, -0.05) is 15.9 Å². The largest absolute Gasteiger partial charge is 0.573 e. The van der Waals surface area contributed by atoms with Crippen molar-refractivity contribution in [2.24, 2.45) is 5.73 Å². The molecule has 0 bridgehead atoms. The molecule has 1 aromatic rings. The molecule has 1 rings (SSSR count). The maximum atomic E-state index is 12.2. The van der Waals surface area contributed by atoms with E-state index in [4.69, 9.17) is 5.73 Å². The van der Waals surface area contributed by atoms with E-state index < -0.39 is 37.2 Å². The third-order valence-corrected chi connectivity index (χ3v) is 2.83. The third-order valence-electron chi connectivity index (χ3n) is 2.34. The fraction of sp³-hybridized carbons (Fsp3) is 0.455. The van der Waals surface area contributed by atoms with Crippen LogP contribution in [0.15, 0.2) is 22.7 Å². The monoisotopic (exact) mass is 365 g/mol. The van der Waals surface area contributed by atoms with Gasteiger partial charge >= 0.3 is 12.5 Å². The van der Waals surface area contributed by atoms with Gasteiger partial charge < -0.3 is 10.5 Å². The number of nitrogens with two attached hydrogens (primary N) is 1. The highest BCUT2D eigenvalue weighted by Gasteiger charge is 2.33. The van der Waals surface area contributed by atoms with Gasteiger partial charge in [0, 0.05) is 22.5 Å². The average molecular weight is 366 g/mol. The average Bonchev–Trinajstić information content (AvgIpc) is 2.25. The molecule has 9 heteroatoms. The van der Waals surface area contributed by atoms with Crippen molar-refractivity contribution < 1.29 is 31.1 Å². The van der Waals surface area contributed by atoms with Crippen LogP contribution in [-0.2, 0) is 0 Å². The third kappa shape index (κ3) is 6.00. The summed E-state index contributed by atoms with van der Waals surface area (Å²) in [4.78, 5) is 0. The van der Waals surface area contributed by atoms with E-state index in [0.717, 1.165) is 6.07 Å². The first-order chi connectivity index (χ1) is 8.98. The van der Waals surface area contributed by atoms with Crippen molar-refractivity contribution in [3.8, 4) is 5.75 Å². The number of hydrogen-bond donors (Lipinski definition) is 1. The minimum atomic E-state index is -4.94. The molecule has 114 valence electrons. The molecule has 2 N–H and O–H groups in total. The molecule has 0 saturated heterocycles. The van der Waals surface area contributed by atoms with Gasteiger partial charge in [-0.3, -0.25) is 0 Å². The molecule has 0 saturated carbocycles. The smallest absolute Gasteiger partial charge is 0.405 e. The van der Waals surface area contributed by atoms with Crippen molar-refractivity contribution in [3.05, 3.63) is 28.2 Å². The molecule has 0 unspecified atom stereocenters. The number of ether oxygens (including phenoxy) is 1. The Labute approximate surface area is 119 Å². The summed E-state index contributed by atoms with van der Waals surface area (Å²) in [5.74, 6) is -0.602. The van der Waals surface area contributed by atoms with Crippen LogP contribution in [0.2, 0.25) is 0 Å². The number of alkyl halides is 6. The number of rotatable bonds is 4. The topological polar surface area (TPSA) is 35.2 Å². The first-order valence-corrected chi connectivity index (χ1v) is 6.15. The van der Waals surface area contributed by atoms with Gasteiger partial charge in [-0.2, -0.15) is 13.2 Å². The quantitative estimate of drug-likeness (QED) is 0.785. The fourth-order valence-corrected chi connectivity index (χ4v) is 1.88. The second-order valence-corrected chi connectivity index (χ2v) is 4.91. The first-order valence-electron chi connectivity index (χ1n) is 5.35. The highest BCUT2D eigenvalue weighted by atomic mass is 79.9. The van der Waals surface area contributed by atoms with Gasteiger partial charge in [-0.25, -0.2) is 0 Å². The summed E-state index contributed by atoms with van der Waals surface area (Å²) in [6, 6.07) is 2.27. The van der Waals surface area contributed by atoms with Crippen LogP contribution in [0.3, 0.4) is 0 Å². The molecular formula is C11H10BrF6NO. The van der Waals surface area contributed by atoms with E-state index in [1.54, 1.807) is 0 Å². The Morgan fingerprint density at radius 3 is 2.25 bits per heavy atom. The van der Waals surface area contributed by atoms with E-state index in [9.17, 15) is 26.3 Å². The molecule has 0 aromatic heterocycles. The molecule has 0 amide bonds. The van der Waals surface area contributed by atoms with Crippen molar-refractivity contribution in [3.63, 3.8) is 0 Å². The Bertz CT molecular complexity index is 459. The van der Waals surface area contributed by atoms with Crippen LogP contribution < -0.4 is 10.5 Å². The van der Waals surface area contributed by atoms with E-state index in [1.165, 1.54) is 12.1 Å². The minimum Gasteiger partial charge on any atom is -0.405 e. The summed E-state index contributed by atoms with van der Waals surface area (Å²) in [6.07, 6.45) is -11.1. The van der Waals surface area contributed by atoms with Gasteiger partial charge in [0.1, 0.15) is 5.75 Å². The van der Waals surface area contributed by atoms with E-state index in [2.05, 4.69) is 20.7 Å². The Hall–Kier alpha value is -0.960. The summed E-state index contributed by atoms with van der Waals surface area (Å²) < 4.78 is 77.1. The van der Waals surface area contributed by atoms with E-state index in [0.29, 0.717) is 4.47 Å². The van der Waals surface area contributed by atoms with Crippen LogP contribution in [0, 0.1) is 0 Å². The van der Waals surface area contributed by atoms with Gasteiger partial charge in [0.2, 0.25) is 0 Å². The number of hydrogen-bond acceptors (Lipinski definition) is 2. The van der Waals surface area contributed by atoms with E-state index in [1.807, 2.05) is 0 Å². The molecule has 0 aliphatic heterocycles. The van der Waals surface area contributed by atoms with Crippen LogP contribution in [0.5, 0.6) is 5.75 Å². The van der Waals surface area contributed by atoms with Crippen molar-refractivity contribution in [2.45, 2.75) is 31.4 Å². The standard InChI is InChI=1S/C11H10BrF6NO/c12-6-1-2-9(20-11(16,17)18)7(5-6)8(19)3-4-10(13,14)15/h1-2,5,8H,3-4,19H2/t8-/m0/s1. The maximum absolute atomic E-state index is 12.2. The lowest BCUT2D eigenvalue weighted by Gasteiger charge is -2.19. The van der Waals surface area contributed by atoms with Crippen molar-refractivity contribution in [2.75, 3.05) is 0 Å². The zero-order valence-corrected chi connectivity index (χ0v) is 11.4.